The predicted molar refractivity (Wildman–Crippen MR) is 55.3 cm³/mol. The van der Waals surface area contributed by atoms with Crippen LogP contribution in [0.3, 0.4) is 0 Å². The van der Waals surface area contributed by atoms with E-state index < -0.39 is 0 Å². The van der Waals surface area contributed by atoms with Crippen molar-refractivity contribution in [2.24, 2.45) is 5.73 Å². The van der Waals surface area contributed by atoms with Gasteiger partial charge in [0.25, 0.3) is 0 Å². The number of hydrogen-bond donors (Lipinski definition) is 2. The average molecular weight is 212 g/mol. The quantitative estimate of drug-likeness (QED) is 0.619. The number of nitrogens with one attached hydrogen (secondary N) is 1. The van der Waals surface area contributed by atoms with E-state index in [2.05, 4.69) is 5.32 Å². The average Bonchev–Trinajstić information content (AvgIpc) is 2.71. The number of amides is 1. The summed E-state index contributed by atoms with van der Waals surface area (Å²) in [6.07, 6.45) is 2.30. The Labute approximate surface area is 88.6 Å². The molecule has 0 aromatic carbocycles. The van der Waals surface area contributed by atoms with Crippen molar-refractivity contribution in [3.8, 4) is 0 Å². The molecule has 0 unspecified atom stereocenters. The van der Waals surface area contributed by atoms with Gasteiger partial charge in [-0.2, -0.15) is 0 Å². The van der Waals surface area contributed by atoms with Crippen LogP contribution in [0.5, 0.6) is 0 Å². The minimum absolute atomic E-state index is 0.0648. The van der Waals surface area contributed by atoms with Gasteiger partial charge in [-0.15, -0.1) is 0 Å². The number of rotatable bonds is 7. The second-order valence-electron chi connectivity index (χ2n) is 3.02. The third-order valence-corrected chi connectivity index (χ3v) is 1.77. The van der Waals surface area contributed by atoms with Crippen molar-refractivity contribution in [3.05, 3.63) is 24.2 Å². The monoisotopic (exact) mass is 212 g/mol. The smallest absolute Gasteiger partial charge is 0.246 e. The Morgan fingerprint density at radius 1 is 1.60 bits per heavy atom. The van der Waals surface area contributed by atoms with Crippen LogP contribution in [0.15, 0.2) is 22.8 Å². The van der Waals surface area contributed by atoms with Gasteiger partial charge in [0, 0.05) is 19.5 Å². The highest BCUT2D eigenvalue weighted by Gasteiger charge is 2.01. The number of carbonyl (C=O) groups excluding carboxylic acids is 1. The molecule has 0 saturated heterocycles. The molecule has 0 fully saturated rings. The highest BCUT2D eigenvalue weighted by molar-refractivity contribution is 5.77. The van der Waals surface area contributed by atoms with Crippen LogP contribution in [0.2, 0.25) is 0 Å². The summed E-state index contributed by atoms with van der Waals surface area (Å²) >= 11 is 0. The van der Waals surface area contributed by atoms with E-state index in [-0.39, 0.29) is 12.5 Å². The molecule has 1 aromatic rings. The fourth-order valence-electron chi connectivity index (χ4n) is 1.08. The van der Waals surface area contributed by atoms with Crippen LogP contribution in [-0.2, 0) is 16.0 Å². The Morgan fingerprint density at radius 3 is 3.13 bits per heavy atom. The van der Waals surface area contributed by atoms with Gasteiger partial charge in [-0.3, -0.25) is 4.79 Å². The molecule has 0 radical (unpaired) electrons. The molecule has 1 aromatic heterocycles. The van der Waals surface area contributed by atoms with Gasteiger partial charge in [0.2, 0.25) is 5.91 Å². The molecule has 1 rings (SSSR count). The van der Waals surface area contributed by atoms with Crippen LogP contribution in [0.1, 0.15) is 5.76 Å². The van der Waals surface area contributed by atoms with Gasteiger partial charge in [-0.25, -0.2) is 0 Å². The first-order chi connectivity index (χ1) is 7.33. The number of carbonyl (C=O) groups is 1. The van der Waals surface area contributed by atoms with E-state index in [1.54, 1.807) is 6.26 Å². The summed E-state index contributed by atoms with van der Waals surface area (Å²) in [5, 5.41) is 2.72. The van der Waals surface area contributed by atoms with E-state index in [9.17, 15) is 4.79 Å². The molecule has 0 spiro atoms. The van der Waals surface area contributed by atoms with Crippen LogP contribution in [0.25, 0.3) is 0 Å². The van der Waals surface area contributed by atoms with Crippen LogP contribution >= 0.6 is 0 Å². The highest BCUT2D eigenvalue weighted by Crippen LogP contribution is 1.99. The van der Waals surface area contributed by atoms with E-state index >= 15 is 0 Å². The lowest BCUT2D eigenvalue weighted by Gasteiger charge is -2.04. The van der Waals surface area contributed by atoms with Crippen molar-refractivity contribution in [1.82, 2.24) is 5.32 Å². The molecular weight excluding hydrogens is 196 g/mol. The lowest BCUT2D eigenvalue weighted by Crippen LogP contribution is -2.30. The standard InChI is InChI=1S/C10H16N2O3/c11-4-7-14-8-10(13)12-5-3-9-2-1-6-15-9/h1-2,6H,3-5,7-8,11H2,(H,12,13). The third-order valence-electron chi connectivity index (χ3n) is 1.77. The molecular formula is C10H16N2O3. The topological polar surface area (TPSA) is 77.5 Å². The van der Waals surface area contributed by atoms with Crippen LogP contribution in [0, 0.1) is 0 Å². The lowest BCUT2D eigenvalue weighted by atomic mass is 10.3. The molecule has 0 aliphatic heterocycles. The molecule has 84 valence electrons. The highest BCUT2D eigenvalue weighted by atomic mass is 16.5. The molecule has 0 aliphatic carbocycles. The first-order valence-corrected chi connectivity index (χ1v) is 4.90. The summed E-state index contributed by atoms with van der Waals surface area (Å²) in [4.78, 5) is 11.1. The first-order valence-electron chi connectivity index (χ1n) is 4.90. The van der Waals surface area contributed by atoms with Crippen molar-refractivity contribution >= 4 is 5.91 Å². The van der Waals surface area contributed by atoms with Crippen LogP contribution < -0.4 is 11.1 Å². The van der Waals surface area contributed by atoms with Gasteiger partial charge in [-0.05, 0) is 12.1 Å². The number of hydrogen-bond acceptors (Lipinski definition) is 4. The molecule has 1 amide bonds. The summed E-state index contributed by atoms with van der Waals surface area (Å²) in [6, 6.07) is 3.69. The fourth-order valence-corrected chi connectivity index (χ4v) is 1.08. The summed E-state index contributed by atoms with van der Waals surface area (Å²) in [5.74, 6) is 0.730. The number of nitrogens with two attached hydrogens (primary N) is 1. The van der Waals surface area contributed by atoms with Crippen molar-refractivity contribution in [2.45, 2.75) is 6.42 Å². The number of ether oxygens (including phenoxy) is 1. The zero-order chi connectivity index (χ0) is 10.9. The predicted octanol–water partition coefficient (Wildman–Crippen LogP) is -0.0864. The normalized spacial score (nSPS) is 10.2. The van der Waals surface area contributed by atoms with Gasteiger partial charge >= 0.3 is 0 Å². The Bertz CT molecular complexity index is 272. The van der Waals surface area contributed by atoms with Gasteiger partial charge < -0.3 is 20.2 Å². The van der Waals surface area contributed by atoms with Gasteiger partial charge in [0.1, 0.15) is 12.4 Å². The Balaban J connectivity index is 2.02. The van der Waals surface area contributed by atoms with Crippen molar-refractivity contribution in [3.63, 3.8) is 0 Å². The molecule has 3 N–H and O–H groups in total. The molecule has 0 aliphatic rings. The second-order valence-corrected chi connectivity index (χ2v) is 3.02. The summed E-state index contributed by atoms with van der Waals surface area (Å²) in [5.41, 5.74) is 5.21. The summed E-state index contributed by atoms with van der Waals surface area (Å²) in [7, 11) is 0. The van der Waals surface area contributed by atoms with E-state index in [0.29, 0.717) is 26.1 Å². The lowest BCUT2D eigenvalue weighted by molar-refractivity contribution is -0.125. The zero-order valence-electron chi connectivity index (χ0n) is 8.57. The first kappa shape index (κ1) is 11.7. The van der Waals surface area contributed by atoms with E-state index in [1.165, 1.54) is 0 Å². The second kappa shape index (κ2) is 7.03. The largest absolute Gasteiger partial charge is 0.469 e. The van der Waals surface area contributed by atoms with Gasteiger partial charge in [-0.1, -0.05) is 0 Å². The van der Waals surface area contributed by atoms with Crippen molar-refractivity contribution in [1.29, 1.82) is 0 Å². The van der Waals surface area contributed by atoms with Gasteiger partial charge in [0.05, 0.1) is 12.9 Å². The molecule has 0 bridgehead atoms. The summed E-state index contributed by atoms with van der Waals surface area (Å²) < 4.78 is 10.1. The van der Waals surface area contributed by atoms with E-state index in [1.807, 2.05) is 12.1 Å². The zero-order valence-corrected chi connectivity index (χ0v) is 8.57. The molecule has 0 saturated carbocycles. The molecule has 0 atom stereocenters. The Morgan fingerprint density at radius 2 is 2.47 bits per heavy atom. The molecule has 5 heteroatoms. The van der Waals surface area contributed by atoms with E-state index in [4.69, 9.17) is 14.9 Å². The SMILES string of the molecule is NCCOCC(=O)NCCc1ccco1. The van der Waals surface area contributed by atoms with Crippen LogP contribution in [0.4, 0.5) is 0 Å². The maximum absolute atomic E-state index is 11.1. The summed E-state index contributed by atoms with van der Waals surface area (Å²) in [6.45, 7) is 1.46. The van der Waals surface area contributed by atoms with Crippen LogP contribution in [-0.4, -0.2) is 32.2 Å². The van der Waals surface area contributed by atoms with Crippen molar-refractivity contribution < 1.29 is 13.9 Å². The molecule has 15 heavy (non-hydrogen) atoms. The van der Waals surface area contributed by atoms with E-state index in [0.717, 1.165) is 5.76 Å². The maximum Gasteiger partial charge on any atom is 0.246 e. The van der Waals surface area contributed by atoms with Crippen molar-refractivity contribution in [2.75, 3.05) is 26.3 Å². The fraction of sp³-hybridized carbons (Fsp3) is 0.500. The Kier molecular flexibility index (Phi) is 5.50. The maximum atomic E-state index is 11.1. The third kappa shape index (κ3) is 5.19. The molecule has 1 heterocycles. The number of furan rings is 1. The minimum Gasteiger partial charge on any atom is -0.469 e. The Hall–Kier alpha value is -1.33. The minimum atomic E-state index is -0.130. The van der Waals surface area contributed by atoms with Gasteiger partial charge in [0.15, 0.2) is 0 Å². The molecule has 5 nitrogen and oxygen atoms in total.